The number of carbonyl (C=O) groups is 2. The summed E-state index contributed by atoms with van der Waals surface area (Å²) in [5, 5.41) is 22.0. The Morgan fingerprint density at radius 2 is 1.73 bits per heavy atom. The second-order valence-electron chi connectivity index (χ2n) is 9.48. The first-order valence-corrected chi connectivity index (χ1v) is 12.7. The van der Waals surface area contributed by atoms with Crippen LogP contribution in [0.25, 0.3) is 33.2 Å². The number of aromatic carboxylic acids is 1. The van der Waals surface area contributed by atoms with Gasteiger partial charge in [0.15, 0.2) is 5.65 Å². The number of carbonyl (C=O) groups excluding carboxylic acids is 1. The van der Waals surface area contributed by atoms with E-state index in [0.717, 1.165) is 27.8 Å². The number of hydrogen-bond donors (Lipinski definition) is 2. The van der Waals surface area contributed by atoms with Crippen molar-refractivity contribution in [3.63, 3.8) is 0 Å². The van der Waals surface area contributed by atoms with Gasteiger partial charge in [0.05, 0.1) is 29.4 Å². The topological polar surface area (TPSA) is 123 Å². The number of aromatic nitrogens is 5. The molecule has 0 radical (unpaired) electrons. The van der Waals surface area contributed by atoms with E-state index in [1.54, 1.807) is 23.0 Å². The summed E-state index contributed by atoms with van der Waals surface area (Å²) in [6.45, 7) is 2.16. The van der Waals surface area contributed by atoms with Gasteiger partial charge < -0.3 is 10.4 Å². The van der Waals surface area contributed by atoms with Gasteiger partial charge in [0.2, 0.25) is 0 Å². The first kappa shape index (κ1) is 24.9. The van der Waals surface area contributed by atoms with Gasteiger partial charge in [-0.3, -0.25) is 4.79 Å². The zero-order chi connectivity index (χ0) is 27.6. The summed E-state index contributed by atoms with van der Waals surface area (Å²) in [5.74, 6) is -1.30. The molecule has 9 nitrogen and oxygen atoms in total. The molecule has 3 heterocycles. The average Bonchev–Trinajstić information content (AvgIpc) is 3.39. The number of hydrogen-bond acceptors (Lipinski definition) is 6. The number of carboxylic acids is 1. The number of rotatable bonds is 7. The van der Waals surface area contributed by atoms with Crippen LogP contribution in [0.2, 0.25) is 0 Å². The number of fused-ring (bicyclic) bond motifs is 2. The van der Waals surface area contributed by atoms with Crippen LogP contribution in [0.5, 0.6) is 0 Å². The fraction of sp³-hybridized carbons (Fsp3) is 0.0968. The summed E-state index contributed by atoms with van der Waals surface area (Å²) >= 11 is 0. The van der Waals surface area contributed by atoms with E-state index in [1.807, 2.05) is 73.7 Å². The molecule has 3 aromatic heterocycles. The van der Waals surface area contributed by atoms with Crippen molar-refractivity contribution in [1.29, 1.82) is 0 Å². The van der Waals surface area contributed by atoms with Crippen LogP contribution in [-0.4, -0.2) is 41.9 Å². The van der Waals surface area contributed by atoms with Crippen molar-refractivity contribution in [2.45, 2.75) is 19.5 Å². The van der Waals surface area contributed by atoms with Gasteiger partial charge in [0.1, 0.15) is 11.0 Å². The van der Waals surface area contributed by atoms with Crippen LogP contribution in [-0.2, 0) is 6.54 Å². The van der Waals surface area contributed by atoms with Crippen molar-refractivity contribution >= 4 is 33.9 Å². The minimum Gasteiger partial charge on any atom is -0.478 e. The number of benzene rings is 3. The lowest BCUT2D eigenvalue weighted by Crippen LogP contribution is -2.27. The smallest absolute Gasteiger partial charge is 0.335 e. The normalized spacial score (nSPS) is 11.9. The predicted molar refractivity (Wildman–Crippen MR) is 151 cm³/mol. The van der Waals surface area contributed by atoms with Crippen molar-refractivity contribution in [1.82, 2.24) is 30.3 Å². The Labute approximate surface area is 229 Å². The van der Waals surface area contributed by atoms with E-state index < -0.39 is 5.97 Å². The molecule has 0 aliphatic carbocycles. The molecule has 0 unspecified atom stereocenters. The van der Waals surface area contributed by atoms with Crippen LogP contribution in [0, 0.1) is 0 Å². The summed E-state index contributed by atoms with van der Waals surface area (Å²) in [6, 6.07) is 27.3. The molecule has 6 rings (SSSR count). The molecular weight excluding hydrogens is 504 g/mol. The van der Waals surface area contributed by atoms with E-state index in [1.165, 1.54) is 12.1 Å². The summed E-state index contributed by atoms with van der Waals surface area (Å²) in [4.78, 5) is 34.0. The van der Waals surface area contributed by atoms with Crippen molar-refractivity contribution in [2.75, 3.05) is 0 Å². The quantitative estimate of drug-likeness (QED) is 0.289. The van der Waals surface area contributed by atoms with Crippen LogP contribution in [0.4, 0.5) is 0 Å². The maximum Gasteiger partial charge on any atom is 0.335 e. The molecule has 0 aliphatic heterocycles. The second kappa shape index (κ2) is 10.4. The Hall–Kier alpha value is -5.44. The number of pyridine rings is 2. The lowest BCUT2D eigenvalue weighted by Gasteiger charge is -2.16. The number of carboxylic acid groups (broad SMARTS) is 1. The van der Waals surface area contributed by atoms with Gasteiger partial charge in [-0.25, -0.2) is 19.4 Å². The van der Waals surface area contributed by atoms with Gasteiger partial charge in [-0.1, -0.05) is 47.7 Å². The molecule has 9 heteroatoms. The maximum absolute atomic E-state index is 13.8. The predicted octanol–water partition coefficient (Wildman–Crippen LogP) is 5.28. The number of amides is 1. The highest BCUT2D eigenvalue weighted by Crippen LogP contribution is 2.28. The van der Waals surface area contributed by atoms with Gasteiger partial charge in [0, 0.05) is 11.6 Å². The van der Waals surface area contributed by atoms with E-state index in [2.05, 4.69) is 25.6 Å². The molecule has 196 valence electrons. The summed E-state index contributed by atoms with van der Waals surface area (Å²) in [7, 11) is 0. The van der Waals surface area contributed by atoms with Gasteiger partial charge in [-0.2, -0.15) is 0 Å². The van der Waals surface area contributed by atoms with E-state index in [-0.39, 0.29) is 17.5 Å². The van der Waals surface area contributed by atoms with Crippen molar-refractivity contribution in [3.8, 4) is 11.1 Å². The maximum atomic E-state index is 13.8. The molecule has 3 aromatic carbocycles. The van der Waals surface area contributed by atoms with Gasteiger partial charge >= 0.3 is 5.97 Å². The first-order valence-electron chi connectivity index (χ1n) is 12.7. The minimum atomic E-state index is -0.999. The standard InChI is InChI=1S/C31H24N6O3/c1-19(20-9-11-23(12-10-20)31(39)40)33-30(38)26-16-24(21-6-3-2-4-7-21)17-27-28(26)37(36-35-27)18-25-14-13-22-8-5-15-32-29(22)34-25/h2-17,19H,18H2,1H3,(H,33,38)(H,39,40)/t19-/m0/s1. The Balaban J connectivity index is 1.39. The third kappa shape index (κ3) is 4.88. The number of nitrogens with one attached hydrogen (secondary N) is 1. The molecule has 0 saturated carbocycles. The van der Waals surface area contributed by atoms with Gasteiger partial charge in [-0.05, 0) is 72.1 Å². The van der Waals surface area contributed by atoms with Crippen LogP contribution in [0.3, 0.4) is 0 Å². The monoisotopic (exact) mass is 528 g/mol. The van der Waals surface area contributed by atoms with Crippen molar-refractivity contribution in [2.24, 2.45) is 0 Å². The van der Waals surface area contributed by atoms with E-state index in [9.17, 15) is 14.7 Å². The molecule has 0 spiro atoms. The molecule has 1 amide bonds. The largest absolute Gasteiger partial charge is 0.478 e. The molecule has 0 aliphatic rings. The first-order chi connectivity index (χ1) is 19.5. The number of nitrogens with zero attached hydrogens (tertiary/aromatic N) is 5. The molecule has 0 saturated heterocycles. The highest BCUT2D eigenvalue weighted by Gasteiger charge is 2.21. The molecular formula is C31H24N6O3. The molecule has 2 N–H and O–H groups in total. The third-order valence-electron chi connectivity index (χ3n) is 6.80. The summed E-state index contributed by atoms with van der Waals surface area (Å²) < 4.78 is 1.68. The van der Waals surface area contributed by atoms with E-state index in [4.69, 9.17) is 0 Å². The molecule has 40 heavy (non-hydrogen) atoms. The lowest BCUT2D eigenvalue weighted by molar-refractivity contribution is 0.0696. The zero-order valence-electron chi connectivity index (χ0n) is 21.5. The molecule has 0 fully saturated rings. The minimum absolute atomic E-state index is 0.187. The SMILES string of the molecule is C[C@H](NC(=O)c1cc(-c2ccccc2)cc2nnn(Cc3ccc4cccnc4n3)c12)c1ccc(C(=O)O)cc1. The Bertz CT molecular complexity index is 1870. The van der Waals surface area contributed by atoms with Crippen LogP contribution in [0.1, 0.15) is 44.9 Å². The highest BCUT2D eigenvalue weighted by atomic mass is 16.4. The van der Waals surface area contributed by atoms with Crippen LogP contribution < -0.4 is 5.32 Å². The Morgan fingerprint density at radius 3 is 2.50 bits per heavy atom. The fourth-order valence-electron chi connectivity index (χ4n) is 4.70. The fourth-order valence-corrected chi connectivity index (χ4v) is 4.70. The van der Waals surface area contributed by atoms with Crippen LogP contribution >= 0.6 is 0 Å². The summed E-state index contributed by atoms with van der Waals surface area (Å²) in [5.41, 5.74) is 5.75. The highest BCUT2D eigenvalue weighted by molar-refractivity contribution is 6.06. The molecule has 6 aromatic rings. The van der Waals surface area contributed by atoms with E-state index in [0.29, 0.717) is 28.8 Å². The molecule has 0 bridgehead atoms. The van der Waals surface area contributed by atoms with Crippen molar-refractivity contribution < 1.29 is 14.7 Å². The van der Waals surface area contributed by atoms with Gasteiger partial charge in [0.25, 0.3) is 5.91 Å². The Morgan fingerprint density at radius 1 is 0.925 bits per heavy atom. The zero-order valence-corrected chi connectivity index (χ0v) is 21.5. The molecule has 1 atom stereocenters. The van der Waals surface area contributed by atoms with Crippen LogP contribution in [0.15, 0.2) is 97.2 Å². The second-order valence-corrected chi connectivity index (χ2v) is 9.48. The van der Waals surface area contributed by atoms with E-state index >= 15 is 0 Å². The third-order valence-corrected chi connectivity index (χ3v) is 6.80. The van der Waals surface area contributed by atoms with Gasteiger partial charge in [-0.15, -0.1) is 5.10 Å². The average molecular weight is 529 g/mol. The van der Waals surface area contributed by atoms with Crippen molar-refractivity contribution in [3.05, 3.63) is 120 Å². The Kier molecular flexibility index (Phi) is 6.45. The lowest BCUT2D eigenvalue weighted by atomic mass is 10.0. The summed E-state index contributed by atoms with van der Waals surface area (Å²) in [6.07, 6.45) is 1.70.